The summed E-state index contributed by atoms with van der Waals surface area (Å²) in [6.07, 6.45) is -3.62. The van der Waals surface area contributed by atoms with Gasteiger partial charge in [0.05, 0.1) is 12.8 Å². The number of benzene rings is 1. The van der Waals surface area contributed by atoms with Gasteiger partial charge < -0.3 is 19.9 Å². The molecule has 3 amide bonds. The number of hydrogen-bond acceptors (Lipinski definition) is 4. The molecular weight excluding hydrogens is 413 g/mol. The number of nitrogens with one attached hydrogen (secondary N) is 1. The van der Waals surface area contributed by atoms with Crippen molar-refractivity contribution >= 4 is 34.9 Å². The summed E-state index contributed by atoms with van der Waals surface area (Å²) < 4.78 is 43.7. The van der Waals surface area contributed by atoms with Gasteiger partial charge in [0.25, 0.3) is 0 Å². The van der Waals surface area contributed by atoms with Gasteiger partial charge in [0.2, 0.25) is 5.91 Å². The third kappa shape index (κ3) is 4.70. The summed E-state index contributed by atoms with van der Waals surface area (Å²) in [5.74, 6) is -0.118. The molecule has 154 valence electrons. The van der Waals surface area contributed by atoms with E-state index in [-0.39, 0.29) is 25.3 Å². The second-order valence-electron chi connectivity index (χ2n) is 6.14. The van der Waals surface area contributed by atoms with E-state index in [1.54, 1.807) is 12.1 Å². The number of anilines is 2. The minimum atomic E-state index is -4.61. The van der Waals surface area contributed by atoms with Gasteiger partial charge in [-0.1, -0.05) is 11.6 Å². The molecule has 2 heterocycles. The van der Waals surface area contributed by atoms with Crippen molar-refractivity contribution in [2.45, 2.75) is 6.18 Å². The lowest BCUT2D eigenvalue weighted by atomic mass is 10.2. The van der Waals surface area contributed by atoms with E-state index in [0.29, 0.717) is 16.5 Å². The zero-order valence-corrected chi connectivity index (χ0v) is 15.9. The predicted molar refractivity (Wildman–Crippen MR) is 100 cm³/mol. The smallest absolute Gasteiger partial charge is 0.433 e. The van der Waals surface area contributed by atoms with Crippen molar-refractivity contribution in [1.29, 1.82) is 0 Å². The summed E-state index contributed by atoms with van der Waals surface area (Å²) in [5.41, 5.74) is -0.672. The van der Waals surface area contributed by atoms with Gasteiger partial charge in [-0.2, -0.15) is 13.2 Å². The van der Waals surface area contributed by atoms with Crippen molar-refractivity contribution in [3.63, 3.8) is 0 Å². The highest BCUT2D eigenvalue weighted by Gasteiger charge is 2.34. The number of urea groups is 1. The molecule has 1 saturated heterocycles. The van der Waals surface area contributed by atoms with Gasteiger partial charge >= 0.3 is 12.2 Å². The van der Waals surface area contributed by atoms with E-state index < -0.39 is 23.8 Å². The van der Waals surface area contributed by atoms with Crippen LogP contribution in [0.15, 0.2) is 36.5 Å². The summed E-state index contributed by atoms with van der Waals surface area (Å²) in [7, 11) is 1.44. The lowest BCUT2D eigenvalue weighted by molar-refractivity contribution is -0.141. The average molecular weight is 429 g/mol. The molecule has 1 aromatic heterocycles. The fourth-order valence-electron chi connectivity index (χ4n) is 2.83. The van der Waals surface area contributed by atoms with Crippen LogP contribution in [-0.4, -0.2) is 48.6 Å². The minimum Gasteiger partial charge on any atom is -0.495 e. The number of amides is 3. The molecule has 1 aromatic carbocycles. The van der Waals surface area contributed by atoms with Crippen LogP contribution in [0.3, 0.4) is 0 Å². The Labute approximate surface area is 169 Å². The topological polar surface area (TPSA) is 74.8 Å². The Hall–Kier alpha value is -3.01. The summed E-state index contributed by atoms with van der Waals surface area (Å²) in [6, 6.07) is 6.27. The number of halogens is 4. The number of nitrogens with zero attached hydrogens (tertiary/aromatic N) is 3. The van der Waals surface area contributed by atoms with Crippen LogP contribution < -0.4 is 15.0 Å². The standard InChI is InChI=1S/C18H16ClF3N4O3/c1-29-14-3-2-11(19)8-13(14)24-17(28)25-6-7-26(16(27)10-25)12-4-5-23-15(9-12)18(20,21)22/h2-5,8-9H,6-7,10H2,1H3,(H,24,28). The highest BCUT2D eigenvalue weighted by molar-refractivity contribution is 6.31. The second kappa shape index (κ2) is 8.16. The molecule has 0 bridgehead atoms. The van der Waals surface area contributed by atoms with Crippen LogP contribution >= 0.6 is 11.6 Å². The highest BCUT2D eigenvalue weighted by atomic mass is 35.5. The van der Waals surface area contributed by atoms with Crippen LogP contribution in [0, 0.1) is 0 Å². The van der Waals surface area contributed by atoms with Gasteiger partial charge in [-0.25, -0.2) is 4.79 Å². The lowest BCUT2D eigenvalue weighted by Gasteiger charge is -2.34. The molecule has 0 radical (unpaired) electrons. The van der Waals surface area contributed by atoms with Gasteiger partial charge in [0.15, 0.2) is 0 Å². The van der Waals surface area contributed by atoms with Crippen molar-refractivity contribution in [2.75, 3.05) is 37.0 Å². The molecule has 0 saturated carbocycles. The number of piperazine rings is 1. The summed E-state index contributed by atoms with van der Waals surface area (Å²) in [6.45, 7) is -0.122. The van der Waals surface area contributed by atoms with Crippen molar-refractivity contribution in [3.05, 3.63) is 47.2 Å². The number of pyridine rings is 1. The fraction of sp³-hybridized carbons (Fsp3) is 0.278. The van der Waals surface area contributed by atoms with Crippen LogP contribution in [-0.2, 0) is 11.0 Å². The van der Waals surface area contributed by atoms with E-state index >= 15 is 0 Å². The zero-order valence-electron chi connectivity index (χ0n) is 15.2. The minimum absolute atomic E-state index is 0.0419. The first-order chi connectivity index (χ1) is 13.7. The Morgan fingerprint density at radius 3 is 2.66 bits per heavy atom. The number of carbonyl (C=O) groups is 2. The first kappa shape index (κ1) is 20.7. The van der Waals surface area contributed by atoms with Gasteiger partial charge in [-0.3, -0.25) is 9.78 Å². The normalized spacial score (nSPS) is 14.7. The van der Waals surface area contributed by atoms with Gasteiger partial charge in [-0.05, 0) is 30.3 Å². The molecule has 1 aliphatic heterocycles. The van der Waals surface area contributed by atoms with Crippen LogP contribution in [0.2, 0.25) is 5.02 Å². The fourth-order valence-corrected chi connectivity index (χ4v) is 3.01. The monoisotopic (exact) mass is 428 g/mol. The van der Waals surface area contributed by atoms with Crippen LogP contribution in [0.1, 0.15) is 5.69 Å². The molecule has 1 fully saturated rings. The van der Waals surface area contributed by atoms with Crippen LogP contribution in [0.5, 0.6) is 5.75 Å². The van der Waals surface area contributed by atoms with E-state index in [1.807, 2.05) is 0 Å². The number of ether oxygens (including phenoxy) is 1. The number of carbonyl (C=O) groups excluding carboxylic acids is 2. The molecule has 29 heavy (non-hydrogen) atoms. The van der Waals surface area contributed by atoms with Crippen molar-refractivity contribution in [2.24, 2.45) is 0 Å². The number of hydrogen-bond donors (Lipinski definition) is 1. The summed E-state index contributed by atoms with van der Waals surface area (Å²) >= 11 is 5.93. The molecular formula is C18H16ClF3N4O3. The van der Waals surface area contributed by atoms with Crippen molar-refractivity contribution in [1.82, 2.24) is 9.88 Å². The molecule has 11 heteroatoms. The lowest BCUT2D eigenvalue weighted by Crippen LogP contribution is -2.53. The maximum atomic E-state index is 12.9. The molecule has 2 aromatic rings. The molecule has 7 nitrogen and oxygen atoms in total. The van der Waals surface area contributed by atoms with E-state index in [2.05, 4.69) is 10.3 Å². The van der Waals surface area contributed by atoms with E-state index in [4.69, 9.17) is 16.3 Å². The van der Waals surface area contributed by atoms with E-state index in [9.17, 15) is 22.8 Å². The SMILES string of the molecule is COc1ccc(Cl)cc1NC(=O)N1CCN(c2ccnc(C(F)(F)F)c2)C(=O)C1. The van der Waals surface area contributed by atoms with Gasteiger partial charge in [0.1, 0.15) is 18.0 Å². The molecule has 1 aliphatic rings. The number of alkyl halides is 3. The Balaban J connectivity index is 1.70. The molecule has 0 spiro atoms. The largest absolute Gasteiger partial charge is 0.495 e. The van der Waals surface area contributed by atoms with Crippen molar-refractivity contribution in [3.8, 4) is 5.75 Å². The quantitative estimate of drug-likeness (QED) is 0.810. The predicted octanol–water partition coefficient (Wildman–Crippen LogP) is 3.64. The second-order valence-corrected chi connectivity index (χ2v) is 6.58. The third-order valence-corrected chi connectivity index (χ3v) is 4.49. The van der Waals surface area contributed by atoms with E-state index in [0.717, 1.165) is 12.3 Å². The number of aromatic nitrogens is 1. The third-order valence-electron chi connectivity index (χ3n) is 4.26. The first-order valence-electron chi connectivity index (χ1n) is 8.42. The maximum Gasteiger partial charge on any atom is 0.433 e. The number of rotatable bonds is 3. The van der Waals surface area contributed by atoms with Crippen LogP contribution in [0.25, 0.3) is 0 Å². The molecule has 0 atom stereocenters. The maximum absolute atomic E-state index is 12.9. The van der Waals surface area contributed by atoms with E-state index in [1.165, 1.54) is 29.0 Å². The molecule has 1 N–H and O–H groups in total. The Kier molecular flexibility index (Phi) is 5.83. The number of methoxy groups -OCH3 is 1. The molecule has 0 unspecified atom stereocenters. The Morgan fingerprint density at radius 1 is 1.24 bits per heavy atom. The average Bonchev–Trinajstić information content (AvgIpc) is 2.67. The molecule has 3 rings (SSSR count). The first-order valence-corrected chi connectivity index (χ1v) is 8.80. The van der Waals surface area contributed by atoms with Gasteiger partial charge in [-0.15, -0.1) is 0 Å². The Morgan fingerprint density at radius 2 is 2.00 bits per heavy atom. The Bertz CT molecular complexity index is 939. The summed E-state index contributed by atoms with van der Waals surface area (Å²) in [5, 5.41) is 3.01. The highest BCUT2D eigenvalue weighted by Crippen LogP contribution is 2.31. The van der Waals surface area contributed by atoms with Gasteiger partial charge in [0, 0.05) is 30.0 Å². The molecule has 0 aliphatic carbocycles. The zero-order chi connectivity index (χ0) is 21.2. The van der Waals surface area contributed by atoms with Crippen molar-refractivity contribution < 1.29 is 27.5 Å². The van der Waals surface area contributed by atoms with Crippen LogP contribution in [0.4, 0.5) is 29.3 Å². The summed E-state index contributed by atoms with van der Waals surface area (Å²) in [4.78, 5) is 30.7.